The average molecular weight is 321 g/mol. The van der Waals surface area contributed by atoms with Gasteiger partial charge in [-0.05, 0) is 35.9 Å². The molecule has 1 aromatic carbocycles. The standard InChI is InChI=1S/C18H15N3O3/c22-18-14(20-17(21-18)13-4-6-19-7-5-13)10-12-2-3-15-16(11-12)24-9-1-8-23-15/h2-7,10-11H,1,8-9H2,(H,20,21,22)/b14-10+. The number of carbonyl (C=O) groups excluding carboxylic acids is 1. The molecule has 0 saturated carbocycles. The van der Waals surface area contributed by atoms with E-state index in [0.717, 1.165) is 23.3 Å². The first-order valence-corrected chi connectivity index (χ1v) is 7.71. The Bertz CT molecular complexity index is 844. The third-order valence-electron chi connectivity index (χ3n) is 3.73. The molecule has 0 saturated heterocycles. The van der Waals surface area contributed by atoms with Gasteiger partial charge in [-0.15, -0.1) is 0 Å². The molecule has 2 aliphatic heterocycles. The van der Waals surface area contributed by atoms with Gasteiger partial charge in [0, 0.05) is 24.4 Å². The molecule has 0 atom stereocenters. The van der Waals surface area contributed by atoms with Gasteiger partial charge in [-0.2, -0.15) is 0 Å². The third-order valence-corrected chi connectivity index (χ3v) is 3.73. The highest BCUT2D eigenvalue weighted by Gasteiger charge is 2.21. The second kappa shape index (κ2) is 6.16. The van der Waals surface area contributed by atoms with Crippen LogP contribution >= 0.6 is 0 Å². The minimum Gasteiger partial charge on any atom is -0.490 e. The van der Waals surface area contributed by atoms with Crippen LogP contribution in [0.3, 0.4) is 0 Å². The van der Waals surface area contributed by atoms with Gasteiger partial charge in [-0.1, -0.05) is 6.07 Å². The largest absolute Gasteiger partial charge is 0.490 e. The van der Waals surface area contributed by atoms with Crippen LogP contribution in [0.1, 0.15) is 17.5 Å². The molecule has 0 radical (unpaired) electrons. The SMILES string of the molecule is O=C1NC(c2ccncc2)=N/C1=C/c1ccc2c(c1)OCCCO2. The summed E-state index contributed by atoms with van der Waals surface area (Å²) in [5.41, 5.74) is 2.01. The molecule has 24 heavy (non-hydrogen) atoms. The summed E-state index contributed by atoms with van der Waals surface area (Å²) >= 11 is 0. The summed E-state index contributed by atoms with van der Waals surface area (Å²) in [6.45, 7) is 1.27. The number of fused-ring (bicyclic) bond motifs is 1. The van der Waals surface area contributed by atoms with Crippen molar-refractivity contribution in [2.24, 2.45) is 4.99 Å². The summed E-state index contributed by atoms with van der Waals surface area (Å²) in [5.74, 6) is 1.72. The number of nitrogens with zero attached hydrogens (tertiary/aromatic N) is 2. The number of pyridine rings is 1. The minimum absolute atomic E-state index is 0.228. The molecule has 0 unspecified atom stereocenters. The normalized spacial score (nSPS) is 18.1. The van der Waals surface area contributed by atoms with Crippen molar-refractivity contribution in [3.63, 3.8) is 0 Å². The van der Waals surface area contributed by atoms with Crippen molar-refractivity contribution in [2.75, 3.05) is 13.2 Å². The van der Waals surface area contributed by atoms with E-state index in [2.05, 4.69) is 15.3 Å². The molecular formula is C18H15N3O3. The summed E-state index contributed by atoms with van der Waals surface area (Å²) < 4.78 is 11.3. The highest BCUT2D eigenvalue weighted by molar-refractivity contribution is 6.19. The summed E-state index contributed by atoms with van der Waals surface area (Å²) in [5, 5.41) is 2.77. The molecule has 0 aliphatic carbocycles. The Labute approximate surface area is 138 Å². The first-order chi connectivity index (χ1) is 11.8. The van der Waals surface area contributed by atoms with E-state index in [1.165, 1.54) is 0 Å². The van der Waals surface area contributed by atoms with Crippen LogP contribution in [-0.4, -0.2) is 29.9 Å². The van der Waals surface area contributed by atoms with Gasteiger partial charge in [0.15, 0.2) is 11.5 Å². The van der Waals surface area contributed by atoms with Gasteiger partial charge >= 0.3 is 0 Å². The van der Waals surface area contributed by atoms with Crippen molar-refractivity contribution >= 4 is 17.8 Å². The average Bonchev–Trinajstić information content (AvgIpc) is 2.83. The number of amidine groups is 1. The number of aliphatic imine (C=N–C) groups is 1. The smallest absolute Gasteiger partial charge is 0.275 e. The lowest BCUT2D eigenvalue weighted by atomic mass is 10.1. The van der Waals surface area contributed by atoms with Crippen LogP contribution in [0.25, 0.3) is 6.08 Å². The topological polar surface area (TPSA) is 72.8 Å². The zero-order chi connectivity index (χ0) is 16.4. The van der Waals surface area contributed by atoms with E-state index >= 15 is 0 Å². The summed E-state index contributed by atoms with van der Waals surface area (Å²) in [7, 11) is 0. The van der Waals surface area contributed by atoms with Crippen LogP contribution < -0.4 is 14.8 Å². The van der Waals surface area contributed by atoms with Crippen LogP contribution in [0.15, 0.2) is 53.4 Å². The van der Waals surface area contributed by atoms with E-state index < -0.39 is 0 Å². The minimum atomic E-state index is -0.228. The number of ether oxygens (including phenoxy) is 2. The predicted octanol–water partition coefficient (Wildman–Crippen LogP) is 2.16. The van der Waals surface area contributed by atoms with E-state index in [1.807, 2.05) is 18.2 Å². The molecular weight excluding hydrogens is 306 g/mol. The Hall–Kier alpha value is -3.15. The Morgan fingerprint density at radius 2 is 1.83 bits per heavy atom. The molecule has 2 aromatic rings. The van der Waals surface area contributed by atoms with E-state index in [9.17, 15) is 4.79 Å². The highest BCUT2D eigenvalue weighted by atomic mass is 16.5. The molecule has 120 valence electrons. The van der Waals surface area contributed by atoms with Crippen LogP contribution in [0.5, 0.6) is 11.5 Å². The fourth-order valence-electron chi connectivity index (χ4n) is 2.54. The molecule has 6 nitrogen and oxygen atoms in total. The Balaban J connectivity index is 1.64. The van der Waals surface area contributed by atoms with Crippen molar-refractivity contribution in [2.45, 2.75) is 6.42 Å². The van der Waals surface area contributed by atoms with Gasteiger partial charge in [-0.3, -0.25) is 9.78 Å². The highest BCUT2D eigenvalue weighted by Crippen LogP contribution is 2.31. The number of nitrogens with one attached hydrogen (secondary N) is 1. The number of carbonyl (C=O) groups is 1. The van der Waals surface area contributed by atoms with Crippen LogP contribution in [0.4, 0.5) is 0 Å². The molecule has 6 heteroatoms. The lowest BCUT2D eigenvalue weighted by Gasteiger charge is -2.07. The Morgan fingerprint density at radius 1 is 1.04 bits per heavy atom. The van der Waals surface area contributed by atoms with Crippen LogP contribution in [-0.2, 0) is 4.79 Å². The predicted molar refractivity (Wildman–Crippen MR) is 88.9 cm³/mol. The Morgan fingerprint density at radius 3 is 2.67 bits per heavy atom. The number of hydrogen-bond donors (Lipinski definition) is 1. The summed E-state index contributed by atoms with van der Waals surface area (Å²) in [6.07, 6.45) is 5.91. The summed E-state index contributed by atoms with van der Waals surface area (Å²) in [6, 6.07) is 9.20. The molecule has 2 aliphatic rings. The zero-order valence-electron chi connectivity index (χ0n) is 12.9. The fourth-order valence-corrected chi connectivity index (χ4v) is 2.54. The van der Waals surface area contributed by atoms with E-state index in [4.69, 9.17) is 9.47 Å². The third kappa shape index (κ3) is 2.86. The van der Waals surface area contributed by atoms with Crippen LogP contribution in [0, 0.1) is 0 Å². The number of aromatic nitrogens is 1. The number of rotatable bonds is 2. The Kier molecular flexibility index (Phi) is 3.70. The van der Waals surface area contributed by atoms with Gasteiger partial charge in [0.25, 0.3) is 5.91 Å². The first kappa shape index (κ1) is 14.4. The van der Waals surface area contributed by atoms with Crippen molar-refractivity contribution in [1.82, 2.24) is 10.3 Å². The van der Waals surface area contributed by atoms with E-state index in [1.54, 1.807) is 30.6 Å². The zero-order valence-corrected chi connectivity index (χ0v) is 12.9. The van der Waals surface area contributed by atoms with Gasteiger partial charge in [0.05, 0.1) is 13.2 Å². The quantitative estimate of drug-likeness (QED) is 0.860. The number of hydrogen-bond acceptors (Lipinski definition) is 5. The number of amides is 1. The first-order valence-electron chi connectivity index (χ1n) is 7.71. The lowest BCUT2D eigenvalue weighted by Crippen LogP contribution is -2.24. The van der Waals surface area contributed by atoms with Gasteiger partial charge in [0.2, 0.25) is 0 Å². The molecule has 0 bridgehead atoms. The molecule has 3 heterocycles. The lowest BCUT2D eigenvalue weighted by molar-refractivity contribution is -0.115. The van der Waals surface area contributed by atoms with Crippen molar-refractivity contribution < 1.29 is 14.3 Å². The second-order valence-electron chi connectivity index (χ2n) is 5.44. The molecule has 1 N–H and O–H groups in total. The maximum Gasteiger partial charge on any atom is 0.275 e. The van der Waals surface area contributed by atoms with Crippen molar-refractivity contribution in [1.29, 1.82) is 0 Å². The van der Waals surface area contributed by atoms with Crippen molar-refractivity contribution in [3.8, 4) is 11.5 Å². The van der Waals surface area contributed by atoms with Gasteiger partial charge in [-0.25, -0.2) is 4.99 Å². The summed E-state index contributed by atoms with van der Waals surface area (Å²) in [4.78, 5) is 20.5. The molecule has 1 amide bonds. The monoisotopic (exact) mass is 321 g/mol. The van der Waals surface area contributed by atoms with Crippen molar-refractivity contribution in [3.05, 3.63) is 59.5 Å². The second-order valence-corrected chi connectivity index (χ2v) is 5.44. The molecule has 0 spiro atoms. The molecule has 0 fully saturated rings. The number of benzene rings is 1. The van der Waals surface area contributed by atoms with E-state index in [-0.39, 0.29) is 5.91 Å². The maximum atomic E-state index is 12.1. The maximum absolute atomic E-state index is 12.1. The fraction of sp³-hybridized carbons (Fsp3) is 0.167. The van der Waals surface area contributed by atoms with Gasteiger partial charge in [0.1, 0.15) is 11.5 Å². The molecule has 4 rings (SSSR count). The van der Waals surface area contributed by atoms with Crippen LogP contribution in [0.2, 0.25) is 0 Å². The van der Waals surface area contributed by atoms with Gasteiger partial charge < -0.3 is 14.8 Å². The van der Waals surface area contributed by atoms with E-state index in [0.29, 0.717) is 30.5 Å². The molecule has 1 aromatic heterocycles.